The summed E-state index contributed by atoms with van der Waals surface area (Å²) in [6.45, 7) is -2.39. The Labute approximate surface area is 74.8 Å². The normalized spacial score (nSPS) is 10.6. The number of rotatable bonds is 7. The van der Waals surface area contributed by atoms with Crippen molar-refractivity contribution >= 4 is 0 Å². The van der Waals surface area contributed by atoms with Crippen LogP contribution in [0.1, 0.15) is 0 Å². The Balaban J connectivity index is 4.18. The summed E-state index contributed by atoms with van der Waals surface area (Å²) in [6.07, 6.45) is 0. The Bertz CT molecular complexity index is 230. The zero-order valence-electron chi connectivity index (χ0n) is 6.49. The van der Waals surface area contributed by atoms with Crippen molar-refractivity contribution in [3.8, 4) is 0 Å². The average Bonchev–Trinajstić information content (AvgIpc) is 2.11. The van der Waals surface area contributed by atoms with Crippen LogP contribution < -0.4 is 0 Å². The maximum absolute atomic E-state index is 12.8. The van der Waals surface area contributed by atoms with Gasteiger partial charge in [0.05, 0.1) is 0 Å². The van der Waals surface area contributed by atoms with Gasteiger partial charge in [0.2, 0.25) is 13.4 Å². The van der Waals surface area contributed by atoms with Gasteiger partial charge in [0, 0.05) is 0 Å². The molecule has 0 saturated carbocycles. The van der Waals surface area contributed by atoms with Crippen molar-refractivity contribution in [2.24, 2.45) is 5.34 Å². The molecular weight excluding hydrogens is 209 g/mol. The van der Waals surface area contributed by atoms with Gasteiger partial charge in [-0.3, -0.25) is 20.2 Å². The zero-order valence-corrected chi connectivity index (χ0v) is 6.49. The third-order valence-corrected chi connectivity index (χ3v) is 1.03. The van der Waals surface area contributed by atoms with E-state index in [9.17, 15) is 29.5 Å². The van der Waals surface area contributed by atoms with Crippen LogP contribution in [-0.2, 0) is 9.57 Å². The van der Waals surface area contributed by atoms with Crippen molar-refractivity contribution in [1.29, 1.82) is 0 Å². The van der Waals surface area contributed by atoms with Crippen LogP contribution in [0.3, 0.4) is 0 Å². The standard InChI is InChI=1S/C3H4FN3O7/c4-3(6(9)10,7(11)12)1-13-2-14-5-8/h1-2H2. The molecule has 0 amide bonds. The van der Waals surface area contributed by atoms with E-state index in [1.54, 1.807) is 0 Å². The molecule has 0 unspecified atom stereocenters. The van der Waals surface area contributed by atoms with Crippen molar-refractivity contribution in [2.45, 2.75) is 5.92 Å². The summed E-state index contributed by atoms with van der Waals surface area (Å²) < 4.78 is 16.8. The van der Waals surface area contributed by atoms with E-state index in [1.807, 2.05) is 5.34 Å². The molecule has 0 atom stereocenters. The fraction of sp³-hybridized carbons (Fsp3) is 1.00. The number of ether oxygens (including phenoxy) is 1. The highest BCUT2D eigenvalue weighted by Gasteiger charge is 2.58. The van der Waals surface area contributed by atoms with Gasteiger partial charge in [-0.1, -0.05) is 4.39 Å². The molecule has 0 rings (SSSR count). The number of nitrogens with zero attached hydrogens (tertiary/aromatic N) is 3. The lowest BCUT2D eigenvalue weighted by atomic mass is 10.5. The molecule has 0 radical (unpaired) electrons. The van der Waals surface area contributed by atoms with E-state index < -0.39 is 29.2 Å². The van der Waals surface area contributed by atoms with Gasteiger partial charge in [-0.05, 0) is 0 Å². The van der Waals surface area contributed by atoms with Gasteiger partial charge in [-0.2, -0.15) is 0 Å². The Morgan fingerprint density at radius 3 is 2.21 bits per heavy atom. The van der Waals surface area contributed by atoms with Gasteiger partial charge in [-0.15, -0.1) is 4.91 Å². The first-order valence-corrected chi connectivity index (χ1v) is 2.95. The minimum Gasteiger partial charge on any atom is -0.335 e. The Kier molecular flexibility index (Phi) is 4.28. The molecule has 0 N–H and O–H groups in total. The van der Waals surface area contributed by atoms with Crippen LogP contribution in [0.15, 0.2) is 5.34 Å². The Hall–Kier alpha value is -1.91. The maximum Gasteiger partial charge on any atom is 0.637 e. The number of alkyl halides is 1. The molecule has 0 aromatic rings. The zero-order chi connectivity index (χ0) is 11.2. The summed E-state index contributed by atoms with van der Waals surface area (Å²) in [5, 5.41) is 21.6. The topological polar surface area (TPSA) is 134 Å². The first kappa shape index (κ1) is 12.1. The second-order valence-electron chi connectivity index (χ2n) is 1.90. The van der Waals surface area contributed by atoms with E-state index in [0.29, 0.717) is 0 Å². The van der Waals surface area contributed by atoms with Crippen molar-refractivity contribution in [3.05, 3.63) is 25.1 Å². The van der Waals surface area contributed by atoms with E-state index in [0.717, 1.165) is 0 Å². The molecule has 11 heteroatoms. The lowest BCUT2D eigenvalue weighted by molar-refractivity contribution is -0.833. The summed E-state index contributed by atoms with van der Waals surface area (Å²) in [4.78, 5) is 29.2. The van der Waals surface area contributed by atoms with Gasteiger partial charge in [0.15, 0.2) is 5.34 Å². The minimum atomic E-state index is -3.95. The molecule has 0 aromatic carbocycles. The molecule has 0 aliphatic heterocycles. The van der Waals surface area contributed by atoms with Crippen LogP contribution in [0.25, 0.3) is 0 Å². The van der Waals surface area contributed by atoms with Crippen molar-refractivity contribution < 1.29 is 23.8 Å². The van der Waals surface area contributed by atoms with Crippen LogP contribution in [0.2, 0.25) is 0 Å². The number of halogens is 1. The number of hydrogen-bond acceptors (Lipinski definition) is 8. The van der Waals surface area contributed by atoms with Crippen LogP contribution in [0.5, 0.6) is 0 Å². The van der Waals surface area contributed by atoms with Crippen LogP contribution >= 0.6 is 0 Å². The van der Waals surface area contributed by atoms with E-state index in [2.05, 4.69) is 9.57 Å². The molecule has 0 bridgehead atoms. The van der Waals surface area contributed by atoms with Gasteiger partial charge in [-0.25, -0.2) is 0 Å². The molecule has 0 spiro atoms. The largest absolute Gasteiger partial charge is 0.637 e. The predicted molar refractivity (Wildman–Crippen MR) is 35.5 cm³/mol. The first-order valence-electron chi connectivity index (χ1n) is 2.95. The van der Waals surface area contributed by atoms with E-state index >= 15 is 0 Å². The van der Waals surface area contributed by atoms with E-state index in [1.165, 1.54) is 0 Å². The smallest absolute Gasteiger partial charge is 0.335 e. The monoisotopic (exact) mass is 213 g/mol. The predicted octanol–water partition coefficient (Wildman–Crippen LogP) is -0.165. The van der Waals surface area contributed by atoms with Crippen molar-refractivity contribution in [1.82, 2.24) is 0 Å². The lowest BCUT2D eigenvalue weighted by Crippen LogP contribution is -2.46. The summed E-state index contributed by atoms with van der Waals surface area (Å²) in [7, 11) is 0. The Morgan fingerprint density at radius 1 is 1.36 bits per heavy atom. The molecule has 0 saturated heterocycles. The molecule has 0 fully saturated rings. The molecule has 0 aliphatic carbocycles. The van der Waals surface area contributed by atoms with Crippen LogP contribution in [-0.4, -0.2) is 29.2 Å². The molecular formula is C3H4FN3O7. The maximum atomic E-state index is 12.8. The van der Waals surface area contributed by atoms with Crippen LogP contribution in [0.4, 0.5) is 4.39 Å². The van der Waals surface area contributed by atoms with Crippen molar-refractivity contribution in [3.63, 3.8) is 0 Å². The molecule has 14 heavy (non-hydrogen) atoms. The molecule has 0 aliphatic rings. The molecule has 80 valence electrons. The highest BCUT2D eigenvalue weighted by molar-refractivity contribution is 4.48. The quantitative estimate of drug-likeness (QED) is 0.143. The fourth-order valence-corrected chi connectivity index (χ4v) is 0.402. The summed E-state index contributed by atoms with van der Waals surface area (Å²) in [6, 6.07) is 0. The second kappa shape index (κ2) is 4.96. The average molecular weight is 213 g/mol. The van der Waals surface area contributed by atoms with Gasteiger partial charge in [0.1, 0.15) is 9.85 Å². The van der Waals surface area contributed by atoms with E-state index in [-0.39, 0.29) is 0 Å². The first-order chi connectivity index (χ1) is 6.45. The molecule has 0 aromatic heterocycles. The van der Waals surface area contributed by atoms with Gasteiger partial charge in [0.25, 0.3) is 0 Å². The number of hydrogen-bond donors (Lipinski definition) is 0. The van der Waals surface area contributed by atoms with Gasteiger partial charge >= 0.3 is 5.92 Å². The van der Waals surface area contributed by atoms with E-state index in [4.69, 9.17) is 0 Å². The summed E-state index contributed by atoms with van der Waals surface area (Å²) >= 11 is 0. The number of nitro groups is 2. The highest BCUT2D eigenvalue weighted by Crippen LogP contribution is 2.13. The second-order valence-corrected chi connectivity index (χ2v) is 1.90. The SMILES string of the molecule is O=NOCOCC(F)([N+](=O)[O-])[N+](=O)[O-]. The highest BCUT2D eigenvalue weighted by atomic mass is 19.2. The summed E-state index contributed by atoms with van der Waals surface area (Å²) in [5.74, 6) is -3.95. The van der Waals surface area contributed by atoms with Gasteiger partial charge < -0.3 is 9.57 Å². The molecule has 0 heterocycles. The minimum absolute atomic E-state index is 0.906. The third-order valence-electron chi connectivity index (χ3n) is 1.03. The Morgan fingerprint density at radius 2 is 1.86 bits per heavy atom. The summed E-state index contributed by atoms with van der Waals surface area (Å²) in [5.41, 5.74) is 0. The molecule has 10 nitrogen and oxygen atoms in total. The van der Waals surface area contributed by atoms with Crippen LogP contribution in [0, 0.1) is 25.1 Å². The van der Waals surface area contributed by atoms with Crippen molar-refractivity contribution in [2.75, 3.05) is 13.4 Å². The lowest BCUT2D eigenvalue weighted by Gasteiger charge is -2.06. The fourth-order valence-electron chi connectivity index (χ4n) is 0.402. The third kappa shape index (κ3) is 2.85.